The highest BCUT2D eigenvalue weighted by atomic mass is 35.5. The molecule has 20 heavy (non-hydrogen) atoms. The molecule has 0 atom stereocenters. The lowest BCUT2D eigenvalue weighted by molar-refractivity contribution is 0.415. The molecule has 2 N–H and O–H groups in total. The van der Waals surface area contributed by atoms with Gasteiger partial charge in [-0.2, -0.15) is 0 Å². The maximum atomic E-state index is 6.19. The number of ether oxygens (including phenoxy) is 1. The van der Waals surface area contributed by atoms with Crippen molar-refractivity contribution in [3.05, 3.63) is 47.1 Å². The Kier molecular flexibility index (Phi) is 3.03. The van der Waals surface area contributed by atoms with Gasteiger partial charge in [0.2, 0.25) is 0 Å². The van der Waals surface area contributed by atoms with E-state index in [-0.39, 0.29) is 0 Å². The number of nitrogens with zero attached hydrogens (tertiary/aromatic N) is 2. The van der Waals surface area contributed by atoms with Crippen LogP contribution in [0.2, 0.25) is 5.02 Å². The van der Waals surface area contributed by atoms with Gasteiger partial charge in [-0.15, -0.1) is 0 Å². The van der Waals surface area contributed by atoms with Gasteiger partial charge in [-0.25, -0.2) is 4.98 Å². The molecule has 4 nitrogen and oxygen atoms in total. The van der Waals surface area contributed by atoms with Crippen molar-refractivity contribution in [2.75, 3.05) is 12.8 Å². The van der Waals surface area contributed by atoms with Crippen LogP contribution >= 0.6 is 11.6 Å². The number of halogens is 1. The molecule has 1 aromatic carbocycles. The Hall–Kier alpha value is -2.20. The Labute approximate surface area is 121 Å². The highest BCUT2D eigenvalue weighted by molar-refractivity contribution is 6.32. The second-order valence-electron chi connectivity index (χ2n) is 4.63. The smallest absolute Gasteiger partial charge is 0.139 e. The number of imidazole rings is 1. The largest absolute Gasteiger partial charge is 0.495 e. The fraction of sp³-hybridized carbons (Fsp3) is 0.133. The number of rotatable bonds is 2. The monoisotopic (exact) mass is 287 g/mol. The number of methoxy groups -OCH3 is 1. The van der Waals surface area contributed by atoms with Gasteiger partial charge >= 0.3 is 0 Å². The number of nitrogens with two attached hydrogens (primary N) is 1. The zero-order valence-corrected chi connectivity index (χ0v) is 12.0. The van der Waals surface area contributed by atoms with Gasteiger partial charge in [-0.05, 0) is 36.8 Å². The van der Waals surface area contributed by atoms with E-state index >= 15 is 0 Å². The second kappa shape index (κ2) is 4.72. The summed E-state index contributed by atoms with van der Waals surface area (Å²) in [5.41, 5.74) is 9.72. The second-order valence-corrected chi connectivity index (χ2v) is 5.04. The molecular formula is C15H14ClN3O. The minimum Gasteiger partial charge on any atom is -0.495 e. The van der Waals surface area contributed by atoms with Crippen molar-refractivity contribution >= 4 is 23.1 Å². The predicted molar refractivity (Wildman–Crippen MR) is 81.3 cm³/mol. The Balaban J connectivity index is 2.19. The van der Waals surface area contributed by atoms with Crippen LogP contribution in [0.3, 0.4) is 0 Å². The Morgan fingerprint density at radius 2 is 2.05 bits per heavy atom. The number of aryl methyl sites for hydroxylation is 1. The van der Waals surface area contributed by atoms with E-state index < -0.39 is 0 Å². The van der Waals surface area contributed by atoms with Gasteiger partial charge < -0.3 is 10.5 Å². The fourth-order valence-electron chi connectivity index (χ4n) is 2.20. The normalized spacial score (nSPS) is 10.9. The molecule has 0 unspecified atom stereocenters. The molecule has 0 saturated heterocycles. The van der Waals surface area contributed by atoms with E-state index in [1.54, 1.807) is 7.11 Å². The third-order valence-corrected chi connectivity index (χ3v) is 3.52. The summed E-state index contributed by atoms with van der Waals surface area (Å²) in [5.74, 6) is 1.23. The van der Waals surface area contributed by atoms with Crippen molar-refractivity contribution < 1.29 is 4.74 Å². The van der Waals surface area contributed by atoms with E-state index in [9.17, 15) is 0 Å². The van der Waals surface area contributed by atoms with Crippen molar-refractivity contribution in [2.24, 2.45) is 0 Å². The van der Waals surface area contributed by atoms with E-state index in [0.717, 1.165) is 22.5 Å². The number of pyridine rings is 1. The number of anilines is 1. The van der Waals surface area contributed by atoms with Gasteiger partial charge in [-0.3, -0.25) is 4.40 Å². The SMILES string of the molecule is COc1ccc(-c2nc3ccc(C)cn3c2N)cc1Cl. The maximum Gasteiger partial charge on any atom is 0.139 e. The maximum absolute atomic E-state index is 6.19. The van der Waals surface area contributed by atoms with Crippen LogP contribution in [0.25, 0.3) is 16.9 Å². The Morgan fingerprint density at radius 3 is 2.75 bits per heavy atom. The Bertz CT molecular complexity index is 795. The molecule has 0 spiro atoms. The summed E-state index contributed by atoms with van der Waals surface area (Å²) in [7, 11) is 1.59. The average molecular weight is 288 g/mol. The lowest BCUT2D eigenvalue weighted by Crippen LogP contribution is -1.94. The molecule has 0 bridgehead atoms. The van der Waals surface area contributed by atoms with Crippen LogP contribution in [-0.2, 0) is 0 Å². The Morgan fingerprint density at radius 1 is 1.25 bits per heavy atom. The van der Waals surface area contributed by atoms with Crippen LogP contribution in [0, 0.1) is 6.92 Å². The summed E-state index contributed by atoms with van der Waals surface area (Å²) >= 11 is 6.16. The van der Waals surface area contributed by atoms with Gasteiger partial charge in [-0.1, -0.05) is 17.7 Å². The quantitative estimate of drug-likeness (QED) is 0.784. The van der Waals surface area contributed by atoms with Crippen molar-refractivity contribution in [2.45, 2.75) is 6.92 Å². The summed E-state index contributed by atoms with van der Waals surface area (Å²) in [6, 6.07) is 9.47. The lowest BCUT2D eigenvalue weighted by Gasteiger charge is -2.05. The lowest BCUT2D eigenvalue weighted by atomic mass is 10.1. The van der Waals surface area contributed by atoms with Gasteiger partial charge in [0.15, 0.2) is 0 Å². The molecule has 5 heteroatoms. The highest BCUT2D eigenvalue weighted by Gasteiger charge is 2.13. The number of benzene rings is 1. The molecule has 0 radical (unpaired) electrons. The minimum atomic E-state index is 0.539. The summed E-state index contributed by atoms with van der Waals surface area (Å²) in [4.78, 5) is 4.56. The van der Waals surface area contributed by atoms with E-state index in [1.165, 1.54) is 0 Å². The van der Waals surface area contributed by atoms with Crippen LogP contribution in [0.5, 0.6) is 5.75 Å². The van der Waals surface area contributed by atoms with Crippen molar-refractivity contribution in [1.29, 1.82) is 0 Å². The van der Waals surface area contributed by atoms with Crippen LogP contribution in [0.15, 0.2) is 36.5 Å². The molecule has 2 aromatic heterocycles. The zero-order chi connectivity index (χ0) is 14.3. The third-order valence-electron chi connectivity index (χ3n) is 3.23. The summed E-state index contributed by atoms with van der Waals surface area (Å²) in [5, 5.41) is 0.539. The molecule has 0 aliphatic rings. The highest BCUT2D eigenvalue weighted by Crippen LogP contribution is 2.32. The number of hydrogen-bond donors (Lipinski definition) is 1. The molecule has 0 amide bonds. The standard InChI is InChI=1S/C15H14ClN3O/c1-9-3-6-13-18-14(15(17)19(13)8-9)10-4-5-12(20-2)11(16)7-10/h3-8H,17H2,1-2H3. The summed E-state index contributed by atoms with van der Waals surface area (Å²) in [6.45, 7) is 2.02. The molecule has 2 heterocycles. The minimum absolute atomic E-state index is 0.539. The first-order valence-corrected chi connectivity index (χ1v) is 6.56. The topological polar surface area (TPSA) is 52.5 Å². The van der Waals surface area contributed by atoms with Gasteiger partial charge in [0, 0.05) is 11.8 Å². The molecule has 0 aliphatic carbocycles. The van der Waals surface area contributed by atoms with E-state index in [2.05, 4.69) is 4.98 Å². The zero-order valence-electron chi connectivity index (χ0n) is 11.2. The first kappa shape index (κ1) is 12.8. The number of nitrogen functional groups attached to an aromatic ring is 1. The first-order chi connectivity index (χ1) is 9.60. The summed E-state index contributed by atoms with van der Waals surface area (Å²) in [6.07, 6.45) is 1.96. The summed E-state index contributed by atoms with van der Waals surface area (Å²) < 4.78 is 7.03. The van der Waals surface area contributed by atoms with E-state index in [0.29, 0.717) is 16.6 Å². The third kappa shape index (κ3) is 1.98. The molecule has 3 aromatic rings. The molecule has 0 fully saturated rings. The van der Waals surface area contributed by atoms with Gasteiger partial charge in [0.1, 0.15) is 22.9 Å². The van der Waals surface area contributed by atoms with Crippen molar-refractivity contribution in [1.82, 2.24) is 9.38 Å². The number of fused-ring (bicyclic) bond motifs is 1. The van der Waals surface area contributed by atoms with E-state index in [4.69, 9.17) is 22.1 Å². The van der Waals surface area contributed by atoms with Crippen LogP contribution < -0.4 is 10.5 Å². The first-order valence-electron chi connectivity index (χ1n) is 6.18. The van der Waals surface area contributed by atoms with Crippen molar-refractivity contribution in [3.8, 4) is 17.0 Å². The molecule has 0 saturated carbocycles. The van der Waals surface area contributed by atoms with Crippen LogP contribution in [-0.4, -0.2) is 16.5 Å². The van der Waals surface area contributed by atoms with Gasteiger partial charge in [0.25, 0.3) is 0 Å². The average Bonchev–Trinajstić information content (AvgIpc) is 2.76. The number of hydrogen-bond acceptors (Lipinski definition) is 3. The fourth-order valence-corrected chi connectivity index (χ4v) is 2.45. The van der Waals surface area contributed by atoms with Gasteiger partial charge in [0.05, 0.1) is 12.1 Å². The molecule has 0 aliphatic heterocycles. The van der Waals surface area contributed by atoms with Crippen LogP contribution in [0.1, 0.15) is 5.56 Å². The predicted octanol–water partition coefficient (Wildman–Crippen LogP) is 3.55. The molecular weight excluding hydrogens is 274 g/mol. The van der Waals surface area contributed by atoms with E-state index in [1.807, 2.05) is 47.9 Å². The van der Waals surface area contributed by atoms with Crippen LogP contribution in [0.4, 0.5) is 5.82 Å². The molecule has 3 rings (SSSR count). The van der Waals surface area contributed by atoms with Crippen molar-refractivity contribution in [3.63, 3.8) is 0 Å². The number of aromatic nitrogens is 2. The molecule has 102 valence electrons.